The van der Waals surface area contributed by atoms with Crippen molar-refractivity contribution in [2.75, 3.05) is 5.43 Å². The zero-order valence-corrected chi connectivity index (χ0v) is 11.9. The van der Waals surface area contributed by atoms with E-state index in [9.17, 15) is 10.1 Å². The molecule has 0 atom stereocenters. The predicted molar refractivity (Wildman–Crippen MR) is 81.5 cm³/mol. The summed E-state index contributed by atoms with van der Waals surface area (Å²) in [7, 11) is 0. The first kappa shape index (κ1) is 14.8. The summed E-state index contributed by atoms with van der Waals surface area (Å²) >= 11 is 0. The molecule has 0 aliphatic heterocycles. The number of nitrogens with zero attached hydrogens (tertiary/aromatic N) is 1. The van der Waals surface area contributed by atoms with Gasteiger partial charge in [0.25, 0.3) is 0 Å². The molecule has 0 aliphatic carbocycles. The van der Waals surface area contributed by atoms with Crippen LogP contribution in [0.2, 0.25) is 0 Å². The van der Waals surface area contributed by atoms with Gasteiger partial charge in [0, 0.05) is 0 Å². The highest BCUT2D eigenvalue weighted by Crippen LogP contribution is 2.37. The van der Waals surface area contributed by atoms with Gasteiger partial charge in [0.15, 0.2) is 0 Å². The zero-order chi connectivity index (χ0) is 15.4. The average molecular weight is 287 g/mol. The van der Waals surface area contributed by atoms with Crippen LogP contribution in [0.1, 0.15) is 25.3 Å². The van der Waals surface area contributed by atoms with Gasteiger partial charge in [-0.05, 0) is 35.7 Å². The highest BCUT2D eigenvalue weighted by Gasteiger charge is 2.21. The lowest BCUT2D eigenvalue weighted by Gasteiger charge is -2.11. The summed E-state index contributed by atoms with van der Waals surface area (Å²) in [6.07, 6.45) is 0. The molecule has 110 valence electrons. The van der Waals surface area contributed by atoms with Crippen LogP contribution in [0.25, 0.3) is 0 Å². The first-order valence-corrected chi connectivity index (χ1v) is 6.54. The largest absolute Gasteiger partial charge is 0.450 e. The van der Waals surface area contributed by atoms with Crippen LogP contribution in [0.3, 0.4) is 0 Å². The summed E-state index contributed by atoms with van der Waals surface area (Å²) in [5, 5.41) is 11.2. The zero-order valence-electron chi connectivity index (χ0n) is 11.9. The minimum absolute atomic E-state index is 0.149. The maximum Gasteiger partial charge on any atom is 0.335 e. The number of nitrogen functional groups attached to an aromatic ring is 1. The Balaban J connectivity index is 2.40. The van der Waals surface area contributed by atoms with Crippen LogP contribution in [-0.4, -0.2) is 4.92 Å². The molecule has 0 fully saturated rings. The second kappa shape index (κ2) is 6.23. The van der Waals surface area contributed by atoms with Crippen LogP contribution in [0, 0.1) is 10.1 Å². The fourth-order valence-electron chi connectivity index (χ4n) is 1.97. The Hall–Kier alpha value is -2.60. The van der Waals surface area contributed by atoms with Crippen molar-refractivity contribution in [3.05, 3.63) is 58.1 Å². The van der Waals surface area contributed by atoms with E-state index in [4.69, 9.17) is 10.6 Å². The number of nitro groups is 1. The summed E-state index contributed by atoms with van der Waals surface area (Å²) in [5.74, 6) is 6.36. The van der Waals surface area contributed by atoms with Crippen molar-refractivity contribution >= 4 is 11.4 Å². The summed E-state index contributed by atoms with van der Waals surface area (Å²) in [6, 6.07) is 12.2. The molecule has 0 bridgehead atoms. The van der Waals surface area contributed by atoms with Crippen molar-refractivity contribution in [3.63, 3.8) is 0 Å². The normalized spacial score (nSPS) is 10.5. The van der Waals surface area contributed by atoms with Gasteiger partial charge in [0.1, 0.15) is 11.4 Å². The van der Waals surface area contributed by atoms with Crippen LogP contribution in [0.15, 0.2) is 42.5 Å². The third-order valence-electron chi connectivity index (χ3n) is 3.09. The van der Waals surface area contributed by atoms with Gasteiger partial charge in [-0.15, -0.1) is 0 Å². The van der Waals surface area contributed by atoms with Gasteiger partial charge in [0.05, 0.1) is 4.92 Å². The van der Waals surface area contributed by atoms with Crippen molar-refractivity contribution in [1.82, 2.24) is 0 Å². The number of benzene rings is 2. The van der Waals surface area contributed by atoms with E-state index in [0.717, 1.165) is 5.56 Å². The Morgan fingerprint density at radius 2 is 1.95 bits per heavy atom. The fourth-order valence-corrected chi connectivity index (χ4v) is 1.97. The molecule has 3 N–H and O–H groups in total. The number of nitrogens with two attached hydrogens (primary N) is 1. The Kier molecular flexibility index (Phi) is 4.39. The Morgan fingerprint density at radius 3 is 2.57 bits per heavy atom. The maximum absolute atomic E-state index is 11.2. The number of nitro benzene ring substituents is 1. The van der Waals surface area contributed by atoms with E-state index in [1.807, 2.05) is 18.2 Å². The Morgan fingerprint density at radius 1 is 1.24 bits per heavy atom. The predicted octanol–water partition coefficient (Wildman–Crippen LogP) is 3.80. The summed E-state index contributed by atoms with van der Waals surface area (Å²) in [6.45, 7) is 4.14. The number of hydrogen-bond acceptors (Lipinski definition) is 5. The maximum atomic E-state index is 11.2. The minimum Gasteiger partial charge on any atom is -0.450 e. The van der Waals surface area contributed by atoms with Gasteiger partial charge in [-0.2, -0.15) is 0 Å². The van der Waals surface area contributed by atoms with Crippen LogP contribution < -0.4 is 16.0 Å². The summed E-state index contributed by atoms with van der Waals surface area (Å²) < 4.78 is 5.67. The van der Waals surface area contributed by atoms with Gasteiger partial charge in [-0.1, -0.05) is 32.0 Å². The highest BCUT2D eigenvalue weighted by molar-refractivity contribution is 5.68. The second-order valence-electron chi connectivity index (χ2n) is 4.88. The van der Waals surface area contributed by atoms with Crippen LogP contribution >= 0.6 is 0 Å². The lowest BCUT2D eigenvalue weighted by Crippen LogP contribution is -2.09. The molecule has 2 rings (SSSR count). The number of anilines is 1. The van der Waals surface area contributed by atoms with Crippen molar-refractivity contribution < 1.29 is 9.66 Å². The molecule has 21 heavy (non-hydrogen) atoms. The number of hydrazine groups is 1. The molecule has 0 aliphatic rings. The van der Waals surface area contributed by atoms with Gasteiger partial charge >= 0.3 is 5.69 Å². The standard InChI is InChI=1S/C15H17N3O3/c1-10(2)11-5-3-6-12(9-11)21-14-8-4-7-13(17-16)15(14)18(19)20/h3-10,17H,16H2,1-2H3. The average Bonchev–Trinajstić information content (AvgIpc) is 2.46. The van der Waals surface area contributed by atoms with Crippen molar-refractivity contribution in [3.8, 4) is 11.5 Å². The summed E-state index contributed by atoms with van der Waals surface area (Å²) in [4.78, 5) is 10.7. The molecule has 0 heterocycles. The van der Waals surface area contributed by atoms with Crippen LogP contribution in [0.5, 0.6) is 11.5 Å². The molecule has 0 aromatic heterocycles. The fraction of sp³-hybridized carbons (Fsp3) is 0.200. The summed E-state index contributed by atoms with van der Waals surface area (Å²) in [5.41, 5.74) is 3.43. The van der Waals surface area contributed by atoms with E-state index in [1.165, 1.54) is 6.07 Å². The van der Waals surface area contributed by atoms with E-state index in [2.05, 4.69) is 19.3 Å². The van der Waals surface area contributed by atoms with Crippen molar-refractivity contribution in [2.45, 2.75) is 19.8 Å². The van der Waals surface area contributed by atoms with E-state index in [-0.39, 0.29) is 17.1 Å². The molecule has 2 aromatic carbocycles. The number of hydrogen-bond donors (Lipinski definition) is 2. The topological polar surface area (TPSA) is 90.4 Å². The van der Waals surface area contributed by atoms with E-state index < -0.39 is 4.92 Å². The number of nitrogens with one attached hydrogen (secondary N) is 1. The molecule has 0 saturated carbocycles. The third kappa shape index (κ3) is 3.29. The SMILES string of the molecule is CC(C)c1cccc(Oc2cccc(NN)c2[N+](=O)[O-])c1. The molecule has 0 unspecified atom stereocenters. The molecule has 6 nitrogen and oxygen atoms in total. The van der Waals surface area contributed by atoms with Gasteiger partial charge in [-0.3, -0.25) is 16.0 Å². The minimum atomic E-state index is -0.517. The molecular formula is C15H17N3O3. The van der Waals surface area contributed by atoms with Gasteiger partial charge in [-0.25, -0.2) is 0 Å². The lowest BCUT2D eigenvalue weighted by atomic mass is 10.0. The van der Waals surface area contributed by atoms with Gasteiger partial charge in [0.2, 0.25) is 5.75 Å². The molecule has 0 saturated heterocycles. The molecule has 0 radical (unpaired) electrons. The quantitative estimate of drug-likeness (QED) is 0.496. The first-order valence-electron chi connectivity index (χ1n) is 6.54. The number of ether oxygens (including phenoxy) is 1. The molecule has 6 heteroatoms. The lowest BCUT2D eigenvalue weighted by molar-refractivity contribution is -0.384. The monoisotopic (exact) mass is 287 g/mol. The second-order valence-corrected chi connectivity index (χ2v) is 4.88. The molecular weight excluding hydrogens is 270 g/mol. The Bertz CT molecular complexity index is 656. The van der Waals surface area contributed by atoms with Crippen molar-refractivity contribution in [1.29, 1.82) is 0 Å². The molecule has 0 spiro atoms. The number of para-hydroxylation sites is 1. The van der Waals surface area contributed by atoms with E-state index in [1.54, 1.807) is 18.2 Å². The van der Waals surface area contributed by atoms with Crippen LogP contribution in [0.4, 0.5) is 11.4 Å². The molecule has 0 amide bonds. The highest BCUT2D eigenvalue weighted by atomic mass is 16.6. The Labute approximate surface area is 122 Å². The van der Waals surface area contributed by atoms with Gasteiger partial charge < -0.3 is 10.2 Å². The smallest absolute Gasteiger partial charge is 0.335 e. The number of rotatable bonds is 5. The van der Waals surface area contributed by atoms with Crippen LogP contribution in [-0.2, 0) is 0 Å². The third-order valence-corrected chi connectivity index (χ3v) is 3.09. The van der Waals surface area contributed by atoms with E-state index in [0.29, 0.717) is 11.7 Å². The molecule has 2 aromatic rings. The van der Waals surface area contributed by atoms with Crippen molar-refractivity contribution in [2.24, 2.45) is 5.84 Å². The first-order chi connectivity index (χ1) is 10.0. The van der Waals surface area contributed by atoms with E-state index >= 15 is 0 Å².